The molecule has 0 amide bonds. The number of unbranched alkanes of at least 4 members (excludes halogenated alkanes) is 2. The van der Waals surface area contributed by atoms with Crippen LogP contribution < -0.4 is 10.6 Å². The Kier molecular flexibility index (Phi) is 7.47. The number of hydrogen-bond donors (Lipinski definition) is 1. The summed E-state index contributed by atoms with van der Waals surface area (Å²) in [6, 6.07) is 7.18. The first-order valence-electron chi connectivity index (χ1n) is 7.35. The molecule has 0 aliphatic rings. The minimum Gasteiger partial charge on any atom is -0.369 e. The van der Waals surface area contributed by atoms with Crippen LogP contribution in [0.2, 0.25) is 0 Å². The minimum absolute atomic E-state index is 0.532. The van der Waals surface area contributed by atoms with E-state index in [1.165, 1.54) is 35.0 Å². The molecule has 0 aliphatic heterocycles. The molecule has 108 valence electrons. The Bertz CT molecular complexity index is 377. The van der Waals surface area contributed by atoms with Crippen LogP contribution in [-0.2, 0) is 6.42 Å². The second kappa shape index (κ2) is 8.60. The zero-order valence-corrected chi connectivity index (χ0v) is 14.0. The van der Waals surface area contributed by atoms with Gasteiger partial charge in [0, 0.05) is 22.7 Å². The quantitative estimate of drug-likeness (QED) is 0.719. The van der Waals surface area contributed by atoms with Crippen molar-refractivity contribution in [1.82, 2.24) is 0 Å². The van der Waals surface area contributed by atoms with Gasteiger partial charge in [-0.25, -0.2) is 0 Å². The van der Waals surface area contributed by atoms with Gasteiger partial charge in [0.2, 0.25) is 0 Å². The third-order valence-corrected chi connectivity index (χ3v) is 4.15. The largest absolute Gasteiger partial charge is 0.369 e. The van der Waals surface area contributed by atoms with Crippen LogP contribution in [0.4, 0.5) is 5.69 Å². The van der Waals surface area contributed by atoms with Crippen LogP contribution in [0.3, 0.4) is 0 Å². The molecule has 2 N–H and O–H groups in total. The molecule has 19 heavy (non-hydrogen) atoms. The van der Waals surface area contributed by atoms with E-state index in [9.17, 15) is 0 Å². The maximum atomic E-state index is 5.63. The Hall–Kier alpha value is -0.540. The summed E-state index contributed by atoms with van der Waals surface area (Å²) in [7, 11) is 0. The molecular weight excluding hydrogens is 300 g/mol. The lowest BCUT2D eigenvalue weighted by atomic mass is 10.1. The summed E-state index contributed by atoms with van der Waals surface area (Å²) < 4.78 is 1.18. The van der Waals surface area contributed by atoms with Crippen LogP contribution in [0.25, 0.3) is 0 Å². The topological polar surface area (TPSA) is 29.3 Å². The summed E-state index contributed by atoms with van der Waals surface area (Å²) in [6.45, 7) is 8.59. The van der Waals surface area contributed by atoms with Crippen molar-refractivity contribution < 1.29 is 0 Å². The first kappa shape index (κ1) is 16.5. The summed E-state index contributed by atoms with van der Waals surface area (Å²) in [5, 5.41) is 0. The first-order valence-corrected chi connectivity index (χ1v) is 8.14. The molecule has 0 saturated heterocycles. The minimum atomic E-state index is 0.532. The van der Waals surface area contributed by atoms with Crippen LogP contribution in [0.1, 0.15) is 45.6 Å². The van der Waals surface area contributed by atoms with E-state index in [2.05, 4.69) is 59.8 Å². The van der Waals surface area contributed by atoms with E-state index in [1.54, 1.807) is 0 Å². The average Bonchev–Trinajstić information content (AvgIpc) is 2.37. The molecule has 1 rings (SSSR count). The highest BCUT2D eigenvalue weighted by molar-refractivity contribution is 9.10. The van der Waals surface area contributed by atoms with Crippen LogP contribution in [-0.4, -0.2) is 19.1 Å². The molecule has 1 aromatic carbocycles. The lowest BCUT2D eigenvalue weighted by Crippen LogP contribution is -2.31. The standard InChI is InChI=1S/C16H27BrN2/c1-4-5-6-11-19(13(2)3)15-8-7-14(9-10-18)16(17)12-15/h7-8,12-13H,4-6,9-11,18H2,1-3H3. The van der Waals surface area contributed by atoms with Gasteiger partial charge in [-0.15, -0.1) is 0 Å². The highest BCUT2D eigenvalue weighted by Gasteiger charge is 2.11. The molecule has 0 bridgehead atoms. The van der Waals surface area contributed by atoms with E-state index >= 15 is 0 Å². The third kappa shape index (κ3) is 5.15. The molecule has 0 unspecified atom stereocenters. The van der Waals surface area contributed by atoms with Crippen molar-refractivity contribution in [2.75, 3.05) is 18.0 Å². The molecule has 2 nitrogen and oxygen atoms in total. The number of nitrogens with zero attached hydrogens (tertiary/aromatic N) is 1. The number of anilines is 1. The maximum absolute atomic E-state index is 5.63. The number of nitrogens with two attached hydrogens (primary N) is 1. The van der Waals surface area contributed by atoms with Gasteiger partial charge >= 0.3 is 0 Å². The summed E-state index contributed by atoms with van der Waals surface area (Å²) >= 11 is 3.67. The molecule has 3 heteroatoms. The second-order valence-corrected chi connectivity index (χ2v) is 6.16. The van der Waals surface area contributed by atoms with E-state index in [0.29, 0.717) is 12.6 Å². The zero-order valence-electron chi connectivity index (χ0n) is 12.5. The molecule has 0 aliphatic carbocycles. The smallest absolute Gasteiger partial charge is 0.0380 e. The van der Waals surface area contributed by atoms with Gasteiger partial charge in [-0.3, -0.25) is 0 Å². The lowest BCUT2D eigenvalue weighted by Gasteiger charge is -2.29. The summed E-state index contributed by atoms with van der Waals surface area (Å²) in [4.78, 5) is 2.48. The predicted molar refractivity (Wildman–Crippen MR) is 88.9 cm³/mol. The van der Waals surface area contributed by atoms with Crippen molar-refractivity contribution in [3.8, 4) is 0 Å². The van der Waals surface area contributed by atoms with Gasteiger partial charge < -0.3 is 10.6 Å². The molecule has 0 heterocycles. The molecular formula is C16H27BrN2. The number of hydrogen-bond acceptors (Lipinski definition) is 2. The Labute approximate surface area is 126 Å². The van der Waals surface area contributed by atoms with E-state index in [1.807, 2.05) is 0 Å². The molecule has 0 radical (unpaired) electrons. The van der Waals surface area contributed by atoms with Gasteiger partial charge in [0.05, 0.1) is 0 Å². The predicted octanol–water partition coefficient (Wildman–Crippen LogP) is 4.36. The van der Waals surface area contributed by atoms with Crippen molar-refractivity contribution in [1.29, 1.82) is 0 Å². The number of benzene rings is 1. The van der Waals surface area contributed by atoms with Gasteiger partial charge in [0.1, 0.15) is 0 Å². The van der Waals surface area contributed by atoms with E-state index in [-0.39, 0.29) is 0 Å². The fourth-order valence-electron chi connectivity index (χ4n) is 2.29. The fraction of sp³-hybridized carbons (Fsp3) is 0.625. The average molecular weight is 327 g/mol. The van der Waals surface area contributed by atoms with E-state index in [4.69, 9.17) is 5.73 Å². The Morgan fingerprint density at radius 2 is 2.00 bits per heavy atom. The fourth-order valence-corrected chi connectivity index (χ4v) is 2.86. The Morgan fingerprint density at radius 3 is 2.53 bits per heavy atom. The van der Waals surface area contributed by atoms with Crippen molar-refractivity contribution in [2.24, 2.45) is 5.73 Å². The lowest BCUT2D eigenvalue weighted by molar-refractivity contribution is 0.626. The van der Waals surface area contributed by atoms with Crippen molar-refractivity contribution >= 4 is 21.6 Å². The monoisotopic (exact) mass is 326 g/mol. The first-order chi connectivity index (χ1) is 9.10. The van der Waals surface area contributed by atoms with Gasteiger partial charge in [-0.2, -0.15) is 0 Å². The molecule has 0 atom stereocenters. The highest BCUT2D eigenvalue weighted by atomic mass is 79.9. The van der Waals surface area contributed by atoms with Crippen LogP contribution in [0.15, 0.2) is 22.7 Å². The van der Waals surface area contributed by atoms with Gasteiger partial charge in [0.15, 0.2) is 0 Å². The second-order valence-electron chi connectivity index (χ2n) is 5.31. The Balaban J connectivity index is 2.81. The summed E-state index contributed by atoms with van der Waals surface area (Å²) in [6.07, 6.45) is 4.76. The SMILES string of the molecule is CCCCCN(c1ccc(CCN)c(Br)c1)C(C)C. The van der Waals surface area contributed by atoms with Crippen molar-refractivity contribution in [3.05, 3.63) is 28.2 Å². The van der Waals surface area contributed by atoms with Crippen molar-refractivity contribution in [3.63, 3.8) is 0 Å². The van der Waals surface area contributed by atoms with Crippen LogP contribution in [0.5, 0.6) is 0 Å². The molecule has 1 aromatic rings. The maximum Gasteiger partial charge on any atom is 0.0380 e. The van der Waals surface area contributed by atoms with Crippen LogP contribution >= 0.6 is 15.9 Å². The van der Waals surface area contributed by atoms with E-state index < -0.39 is 0 Å². The normalized spacial score (nSPS) is 11.1. The van der Waals surface area contributed by atoms with E-state index in [0.717, 1.165) is 13.0 Å². The highest BCUT2D eigenvalue weighted by Crippen LogP contribution is 2.26. The molecule has 0 aromatic heterocycles. The zero-order chi connectivity index (χ0) is 14.3. The third-order valence-electron chi connectivity index (χ3n) is 3.41. The molecule has 0 spiro atoms. The van der Waals surface area contributed by atoms with Crippen molar-refractivity contribution in [2.45, 2.75) is 52.5 Å². The molecule has 0 saturated carbocycles. The van der Waals surface area contributed by atoms with Gasteiger partial charge in [0.25, 0.3) is 0 Å². The summed E-state index contributed by atoms with van der Waals surface area (Å²) in [5.74, 6) is 0. The number of rotatable bonds is 8. The molecule has 0 fully saturated rings. The van der Waals surface area contributed by atoms with Gasteiger partial charge in [-0.1, -0.05) is 41.8 Å². The Morgan fingerprint density at radius 1 is 1.26 bits per heavy atom. The summed E-state index contributed by atoms with van der Waals surface area (Å²) in [5.41, 5.74) is 8.22. The van der Waals surface area contributed by atoms with Gasteiger partial charge in [-0.05, 0) is 50.9 Å². The van der Waals surface area contributed by atoms with Crippen LogP contribution in [0, 0.1) is 0 Å². The number of halogens is 1.